The van der Waals surface area contributed by atoms with Crippen LogP contribution in [0.15, 0.2) is 42.6 Å². The molecule has 2 rings (SSSR count). The highest BCUT2D eigenvalue weighted by molar-refractivity contribution is 6.29. The molecule has 0 saturated heterocycles. The summed E-state index contributed by atoms with van der Waals surface area (Å²) in [6.07, 6.45) is 7.39. The van der Waals surface area contributed by atoms with Gasteiger partial charge in [0.05, 0.1) is 6.61 Å². The average molecular weight is 304 g/mol. The molecule has 0 bridgehead atoms. The molecule has 1 heterocycles. The van der Waals surface area contributed by atoms with Crippen LogP contribution >= 0.6 is 11.6 Å². The minimum atomic E-state index is 0.545. The summed E-state index contributed by atoms with van der Waals surface area (Å²) in [6.45, 7) is 3.01. The molecule has 21 heavy (non-hydrogen) atoms. The summed E-state index contributed by atoms with van der Waals surface area (Å²) in [7, 11) is 0. The Morgan fingerprint density at radius 3 is 2.33 bits per heavy atom. The van der Waals surface area contributed by atoms with Crippen LogP contribution in [0.25, 0.3) is 0 Å². The van der Waals surface area contributed by atoms with Crippen molar-refractivity contribution in [2.45, 2.75) is 39.0 Å². The predicted molar refractivity (Wildman–Crippen MR) is 88.1 cm³/mol. The van der Waals surface area contributed by atoms with Crippen molar-refractivity contribution in [1.82, 2.24) is 4.98 Å². The van der Waals surface area contributed by atoms with Crippen LogP contribution in [-0.2, 0) is 12.8 Å². The quantitative estimate of drug-likeness (QED) is 0.500. The van der Waals surface area contributed by atoms with Crippen LogP contribution < -0.4 is 4.74 Å². The van der Waals surface area contributed by atoms with E-state index in [2.05, 4.69) is 36.2 Å². The van der Waals surface area contributed by atoms with Crippen molar-refractivity contribution >= 4 is 11.6 Å². The topological polar surface area (TPSA) is 22.1 Å². The van der Waals surface area contributed by atoms with Gasteiger partial charge in [0.2, 0.25) is 0 Å². The Kier molecular flexibility index (Phi) is 6.55. The van der Waals surface area contributed by atoms with Crippen LogP contribution in [0.1, 0.15) is 37.3 Å². The molecule has 112 valence electrons. The normalized spacial score (nSPS) is 10.6. The monoisotopic (exact) mass is 303 g/mol. The zero-order chi connectivity index (χ0) is 14.9. The van der Waals surface area contributed by atoms with Crippen LogP contribution in [0.5, 0.6) is 5.75 Å². The second-order valence-corrected chi connectivity index (χ2v) is 5.58. The molecule has 0 fully saturated rings. The van der Waals surface area contributed by atoms with Crippen LogP contribution in [-0.4, -0.2) is 11.6 Å². The maximum absolute atomic E-state index is 5.78. The van der Waals surface area contributed by atoms with Gasteiger partial charge in [-0.05, 0) is 48.6 Å². The maximum atomic E-state index is 5.78. The second-order valence-electron chi connectivity index (χ2n) is 5.19. The van der Waals surface area contributed by atoms with Crippen molar-refractivity contribution < 1.29 is 4.74 Å². The van der Waals surface area contributed by atoms with Crippen molar-refractivity contribution in [2.24, 2.45) is 0 Å². The molecule has 0 aliphatic heterocycles. The number of unbranched alkanes of at least 4 members (excludes halogenated alkanes) is 2. The number of aryl methyl sites for hydroxylation is 2. The van der Waals surface area contributed by atoms with Crippen LogP contribution in [0.4, 0.5) is 0 Å². The smallest absolute Gasteiger partial charge is 0.129 e. The van der Waals surface area contributed by atoms with Gasteiger partial charge in [-0.2, -0.15) is 0 Å². The molecule has 0 unspecified atom stereocenters. The highest BCUT2D eigenvalue weighted by atomic mass is 35.5. The van der Waals surface area contributed by atoms with Crippen LogP contribution in [0.2, 0.25) is 5.15 Å². The number of hydrogen-bond donors (Lipinski definition) is 0. The van der Waals surface area contributed by atoms with E-state index in [9.17, 15) is 0 Å². The first-order valence-corrected chi connectivity index (χ1v) is 7.98. The van der Waals surface area contributed by atoms with Gasteiger partial charge in [0.25, 0.3) is 0 Å². The molecule has 0 radical (unpaired) electrons. The first-order valence-electron chi connectivity index (χ1n) is 7.60. The van der Waals surface area contributed by atoms with E-state index in [0.29, 0.717) is 5.15 Å². The van der Waals surface area contributed by atoms with Gasteiger partial charge in [0, 0.05) is 6.20 Å². The Labute approximate surface area is 132 Å². The van der Waals surface area contributed by atoms with Crippen LogP contribution in [0, 0.1) is 0 Å². The third-order valence-electron chi connectivity index (χ3n) is 3.43. The zero-order valence-corrected chi connectivity index (χ0v) is 13.3. The fourth-order valence-corrected chi connectivity index (χ4v) is 2.25. The van der Waals surface area contributed by atoms with Gasteiger partial charge in [-0.3, -0.25) is 0 Å². The number of rotatable bonds is 8. The molecule has 2 nitrogen and oxygen atoms in total. The third kappa shape index (κ3) is 5.76. The van der Waals surface area contributed by atoms with Gasteiger partial charge < -0.3 is 4.74 Å². The van der Waals surface area contributed by atoms with Gasteiger partial charge in [-0.25, -0.2) is 4.98 Å². The summed E-state index contributed by atoms with van der Waals surface area (Å²) in [4.78, 5) is 4.10. The van der Waals surface area contributed by atoms with E-state index in [1.54, 1.807) is 0 Å². The molecule has 0 amide bonds. The summed E-state index contributed by atoms with van der Waals surface area (Å²) in [5.74, 6) is 0.961. The molecule has 0 aliphatic carbocycles. The molecule has 0 atom stereocenters. The Hall–Kier alpha value is -1.54. The SMILES string of the molecule is CCCCCOc1ccc(CCc2ccc(Cl)nc2)cc1. The summed E-state index contributed by atoms with van der Waals surface area (Å²) in [5, 5.41) is 0.545. The van der Waals surface area contributed by atoms with Gasteiger partial charge in [-0.1, -0.05) is 49.6 Å². The second kappa shape index (κ2) is 8.68. The number of pyridine rings is 1. The molecule has 0 N–H and O–H groups in total. The predicted octanol–water partition coefficient (Wildman–Crippen LogP) is 5.09. The first kappa shape index (κ1) is 15.8. The largest absolute Gasteiger partial charge is 0.494 e. The van der Waals surface area contributed by atoms with Crippen molar-refractivity contribution in [2.75, 3.05) is 6.61 Å². The minimum absolute atomic E-state index is 0.545. The molecular weight excluding hydrogens is 282 g/mol. The Morgan fingerprint density at radius 2 is 1.67 bits per heavy atom. The van der Waals surface area contributed by atoms with Gasteiger partial charge >= 0.3 is 0 Å². The van der Waals surface area contributed by atoms with Gasteiger partial charge in [0.1, 0.15) is 10.9 Å². The number of nitrogens with zero attached hydrogens (tertiary/aromatic N) is 1. The molecule has 1 aromatic carbocycles. The first-order chi connectivity index (χ1) is 10.3. The fourth-order valence-electron chi connectivity index (χ4n) is 2.14. The Morgan fingerprint density at radius 1 is 0.952 bits per heavy atom. The van der Waals surface area contributed by atoms with E-state index in [4.69, 9.17) is 16.3 Å². The van der Waals surface area contributed by atoms with E-state index < -0.39 is 0 Å². The summed E-state index contributed by atoms with van der Waals surface area (Å²) < 4.78 is 5.71. The van der Waals surface area contributed by atoms with Crippen LogP contribution in [0.3, 0.4) is 0 Å². The zero-order valence-electron chi connectivity index (χ0n) is 12.5. The molecule has 0 saturated carbocycles. The lowest BCUT2D eigenvalue weighted by atomic mass is 10.1. The van der Waals surface area contributed by atoms with Crippen molar-refractivity contribution in [3.05, 3.63) is 58.9 Å². The molecule has 0 aliphatic rings. The molecular formula is C18H22ClNO. The highest BCUT2D eigenvalue weighted by Crippen LogP contribution is 2.15. The Balaban J connectivity index is 1.78. The summed E-state index contributed by atoms with van der Waals surface area (Å²) in [5.41, 5.74) is 2.52. The van der Waals surface area contributed by atoms with Gasteiger partial charge in [0.15, 0.2) is 0 Å². The highest BCUT2D eigenvalue weighted by Gasteiger charge is 1.99. The molecule has 2 aromatic rings. The van der Waals surface area contributed by atoms with E-state index >= 15 is 0 Å². The minimum Gasteiger partial charge on any atom is -0.494 e. The van der Waals surface area contributed by atoms with Gasteiger partial charge in [-0.15, -0.1) is 0 Å². The van der Waals surface area contributed by atoms with E-state index in [-0.39, 0.29) is 0 Å². The standard InChI is InChI=1S/C18H22ClNO/c1-2-3-4-13-21-17-10-7-15(8-11-17)5-6-16-9-12-18(19)20-14-16/h7-12,14H,2-6,13H2,1H3. The third-order valence-corrected chi connectivity index (χ3v) is 3.65. The summed E-state index contributed by atoms with van der Waals surface area (Å²) >= 11 is 5.78. The molecule has 3 heteroatoms. The lowest BCUT2D eigenvalue weighted by molar-refractivity contribution is 0.306. The van der Waals surface area contributed by atoms with Crippen molar-refractivity contribution in [3.8, 4) is 5.75 Å². The van der Waals surface area contributed by atoms with E-state index in [1.807, 2.05) is 18.3 Å². The summed E-state index contributed by atoms with van der Waals surface area (Å²) in [6, 6.07) is 12.3. The van der Waals surface area contributed by atoms with Crippen molar-refractivity contribution in [1.29, 1.82) is 0 Å². The molecule has 0 spiro atoms. The molecule has 1 aromatic heterocycles. The Bertz CT molecular complexity index is 522. The number of hydrogen-bond acceptors (Lipinski definition) is 2. The number of ether oxygens (including phenoxy) is 1. The fraction of sp³-hybridized carbons (Fsp3) is 0.389. The lowest BCUT2D eigenvalue weighted by Crippen LogP contribution is -1.97. The van der Waals surface area contributed by atoms with E-state index in [1.165, 1.54) is 24.0 Å². The number of halogens is 1. The number of aromatic nitrogens is 1. The van der Waals surface area contributed by atoms with Crippen molar-refractivity contribution in [3.63, 3.8) is 0 Å². The number of benzene rings is 1. The maximum Gasteiger partial charge on any atom is 0.129 e. The average Bonchev–Trinajstić information content (AvgIpc) is 2.52. The van der Waals surface area contributed by atoms with E-state index in [0.717, 1.165) is 31.6 Å². The lowest BCUT2D eigenvalue weighted by Gasteiger charge is -2.07.